The zero-order valence-corrected chi connectivity index (χ0v) is 16.5. The SMILES string of the molecule is COCCOc1c(OC)cc(CC(C#N)=CCNc2ccccc2)cc1OC. The highest BCUT2D eigenvalue weighted by Crippen LogP contribution is 2.39. The molecule has 6 heteroatoms. The highest BCUT2D eigenvalue weighted by atomic mass is 16.6. The summed E-state index contributed by atoms with van der Waals surface area (Å²) in [4.78, 5) is 0. The second-order valence-electron chi connectivity index (χ2n) is 5.94. The Kier molecular flexibility index (Phi) is 8.70. The van der Waals surface area contributed by atoms with Crippen molar-refractivity contribution in [2.75, 3.05) is 46.4 Å². The van der Waals surface area contributed by atoms with Gasteiger partial charge in [-0.15, -0.1) is 0 Å². The van der Waals surface area contributed by atoms with Crippen LogP contribution < -0.4 is 19.5 Å². The van der Waals surface area contributed by atoms with Crippen molar-refractivity contribution in [3.63, 3.8) is 0 Å². The van der Waals surface area contributed by atoms with Crippen molar-refractivity contribution in [3.05, 3.63) is 59.7 Å². The van der Waals surface area contributed by atoms with Crippen LogP contribution in [0.2, 0.25) is 0 Å². The lowest BCUT2D eigenvalue weighted by Crippen LogP contribution is -2.07. The lowest BCUT2D eigenvalue weighted by Gasteiger charge is -2.16. The Morgan fingerprint density at radius 1 is 1.04 bits per heavy atom. The maximum absolute atomic E-state index is 9.49. The minimum absolute atomic E-state index is 0.386. The molecule has 2 aromatic rings. The summed E-state index contributed by atoms with van der Waals surface area (Å²) in [6.07, 6.45) is 2.35. The Morgan fingerprint density at radius 2 is 1.71 bits per heavy atom. The summed E-state index contributed by atoms with van der Waals surface area (Å²) < 4.78 is 21.6. The number of para-hydroxylation sites is 1. The Bertz CT molecular complexity index is 788. The van der Waals surface area contributed by atoms with Gasteiger partial charge in [0, 0.05) is 31.3 Å². The van der Waals surface area contributed by atoms with Crippen LogP contribution in [-0.4, -0.2) is 41.1 Å². The summed E-state index contributed by atoms with van der Waals surface area (Å²) in [6.45, 7) is 1.42. The Hall–Kier alpha value is -3.17. The predicted molar refractivity (Wildman–Crippen MR) is 109 cm³/mol. The molecule has 2 aromatic carbocycles. The van der Waals surface area contributed by atoms with E-state index in [4.69, 9.17) is 18.9 Å². The van der Waals surface area contributed by atoms with Crippen LogP contribution in [0.5, 0.6) is 17.2 Å². The van der Waals surface area contributed by atoms with E-state index in [1.807, 2.05) is 48.5 Å². The lowest BCUT2D eigenvalue weighted by molar-refractivity contribution is 0.142. The average molecular weight is 382 g/mol. The molecular weight excluding hydrogens is 356 g/mol. The molecule has 0 saturated carbocycles. The second-order valence-corrected chi connectivity index (χ2v) is 5.94. The van der Waals surface area contributed by atoms with Gasteiger partial charge in [0.1, 0.15) is 6.61 Å². The number of nitriles is 1. The molecule has 1 N–H and O–H groups in total. The van der Waals surface area contributed by atoms with Gasteiger partial charge < -0.3 is 24.3 Å². The molecule has 28 heavy (non-hydrogen) atoms. The fourth-order valence-electron chi connectivity index (χ4n) is 2.63. The Balaban J connectivity index is 2.12. The van der Waals surface area contributed by atoms with Gasteiger partial charge in [-0.2, -0.15) is 5.26 Å². The van der Waals surface area contributed by atoms with Gasteiger partial charge in [0.25, 0.3) is 0 Å². The first-order valence-electron chi connectivity index (χ1n) is 8.96. The summed E-state index contributed by atoms with van der Waals surface area (Å²) in [5, 5.41) is 12.8. The van der Waals surface area contributed by atoms with Gasteiger partial charge >= 0.3 is 0 Å². The molecule has 0 aliphatic carbocycles. The van der Waals surface area contributed by atoms with Gasteiger partial charge in [0.15, 0.2) is 11.5 Å². The normalized spacial score (nSPS) is 10.9. The molecule has 0 heterocycles. The first-order chi connectivity index (χ1) is 13.7. The summed E-state index contributed by atoms with van der Waals surface area (Å²) in [5.41, 5.74) is 2.57. The maximum atomic E-state index is 9.49. The number of rotatable bonds is 11. The first kappa shape index (κ1) is 21.1. The van der Waals surface area contributed by atoms with Crippen LogP contribution in [0.4, 0.5) is 5.69 Å². The van der Waals surface area contributed by atoms with Crippen LogP contribution >= 0.6 is 0 Å². The number of allylic oxidation sites excluding steroid dienone is 1. The van der Waals surface area contributed by atoms with Gasteiger partial charge in [0.2, 0.25) is 5.75 Å². The van der Waals surface area contributed by atoms with E-state index in [-0.39, 0.29) is 0 Å². The van der Waals surface area contributed by atoms with Gasteiger partial charge in [-0.1, -0.05) is 24.3 Å². The molecule has 0 aliphatic heterocycles. The second kappa shape index (κ2) is 11.5. The van der Waals surface area contributed by atoms with Crippen LogP contribution in [0.3, 0.4) is 0 Å². The Morgan fingerprint density at radius 3 is 2.29 bits per heavy atom. The third-order valence-corrected chi connectivity index (χ3v) is 4.02. The zero-order valence-electron chi connectivity index (χ0n) is 16.5. The van der Waals surface area contributed by atoms with Crippen LogP contribution in [0.1, 0.15) is 5.56 Å². The lowest BCUT2D eigenvalue weighted by atomic mass is 10.0. The molecule has 0 saturated heterocycles. The molecule has 148 valence electrons. The predicted octanol–water partition coefficient (Wildman–Crippen LogP) is 3.83. The molecule has 6 nitrogen and oxygen atoms in total. The van der Waals surface area contributed by atoms with Gasteiger partial charge in [-0.05, 0) is 29.8 Å². The smallest absolute Gasteiger partial charge is 0.203 e. The topological polar surface area (TPSA) is 72.7 Å². The van der Waals surface area contributed by atoms with E-state index >= 15 is 0 Å². The molecule has 0 fully saturated rings. The Labute approximate surface area is 166 Å². The third kappa shape index (κ3) is 6.22. The molecule has 0 aliphatic rings. The van der Waals surface area contributed by atoms with Crippen LogP contribution in [0.25, 0.3) is 0 Å². The van der Waals surface area contributed by atoms with Crippen molar-refractivity contribution in [2.45, 2.75) is 6.42 Å². The van der Waals surface area contributed by atoms with Crippen molar-refractivity contribution < 1.29 is 18.9 Å². The fourth-order valence-corrected chi connectivity index (χ4v) is 2.63. The van der Waals surface area contributed by atoms with Crippen molar-refractivity contribution in [1.29, 1.82) is 5.26 Å². The van der Waals surface area contributed by atoms with Gasteiger partial charge in [-0.25, -0.2) is 0 Å². The molecule has 0 unspecified atom stereocenters. The van der Waals surface area contributed by atoms with E-state index in [2.05, 4.69) is 11.4 Å². The highest BCUT2D eigenvalue weighted by molar-refractivity contribution is 5.55. The quantitative estimate of drug-likeness (QED) is 0.470. The third-order valence-electron chi connectivity index (χ3n) is 4.02. The highest BCUT2D eigenvalue weighted by Gasteiger charge is 2.15. The van der Waals surface area contributed by atoms with Crippen molar-refractivity contribution in [3.8, 4) is 23.3 Å². The summed E-state index contributed by atoms with van der Waals surface area (Å²) in [6, 6.07) is 15.8. The molecule has 0 amide bonds. The number of hydrogen-bond donors (Lipinski definition) is 1. The maximum Gasteiger partial charge on any atom is 0.203 e. The molecule has 2 rings (SSSR count). The van der Waals surface area contributed by atoms with E-state index in [9.17, 15) is 5.26 Å². The number of methoxy groups -OCH3 is 3. The fraction of sp³-hybridized carbons (Fsp3) is 0.318. The van der Waals surface area contributed by atoms with Crippen molar-refractivity contribution >= 4 is 5.69 Å². The van der Waals surface area contributed by atoms with E-state index in [1.54, 1.807) is 21.3 Å². The number of anilines is 1. The molecular formula is C22H26N2O4. The molecule has 0 bridgehead atoms. The van der Waals surface area contributed by atoms with E-state index in [0.29, 0.717) is 49.0 Å². The van der Waals surface area contributed by atoms with Gasteiger partial charge in [-0.3, -0.25) is 0 Å². The minimum atomic E-state index is 0.386. The first-order valence-corrected chi connectivity index (χ1v) is 8.96. The summed E-state index contributed by atoms with van der Waals surface area (Å²) in [7, 11) is 4.77. The van der Waals surface area contributed by atoms with Crippen LogP contribution in [0, 0.1) is 11.3 Å². The number of hydrogen-bond acceptors (Lipinski definition) is 6. The average Bonchev–Trinajstić information content (AvgIpc) is 2.74. The number of benzene rings is 2. The standard InChI is InChI=1S/C22H26N2O4/c1-25-11-12-28-22-20(26-2)14-18(15-21(22)27-3)13-17(16-23)9-10-24-19-7-5-4-6-8-19/h4-9,14-15,24H,10-13H2,1-3H3. The summed E-state index contributed by atoms with van der Waals surface area (Å²) >= 11 is 0. The molecule has 0 atom stereocenters. The minimum Gasteiger partial charge on any atom is -0.493 e. The van der Waals surface area contributed by atoms with E-state index in [1.165, 1.54) is 0 Å². The largest absolute Gasteiger partial charge is 0.493 e. The molecule has 0 aromatic heterocycles. The van der Waals surface area contributed by atoms with Crippen LogP contribution in [-0.2, 0) is 11.2 Å². The molecule has 0 spiro atoms. The monoisotopic (exact) mass is 382 g/mol. The van der Waals surface area contributed by atoms with Crippen molar-refractivity contribution in [2.24, 2.45) is 0 Å². The number of nitrogens with zero attached hydrogens (tertiary/aromatic N) is 1. The van der Waals surface area contributed by atoms with E-state index < -0.39 is 0 Å². The van der Waals surface area contributed by atoms with Crippen molar-refractivity contribution in [1.82, 2.24) is 0 Å². The van der Waals surface area contributed by atoms with Gasteiger partial charge in [0.05, 0.1) is 26.9 Å². The number of ether oxygens (including phenoxy) is 4. The number of nitrogens with one attached hydrogen (secondary N) is 1. The molecule has 0 radical (unpaired) electrons. The zero-order chi connectivity index (χ0) is 20.2. The van der Waals surface area contributed by atoms with Crippen LogP contribution in [0.15, 0.2) is 54.1 Å². The summed E-state index contributed by atoms with van der Waals surface area (Å²) in [5.74, 6) is 1.65. The van der Waals surface area contributed by atoms with E-state index in [0.717, 1.165) is 11.3 Å².